The van der Waals surface area contributed by atoms with Gasteiger partial charge in [0.2, 0.25) is 11.8 Å². The van der Waals surface area contributed by atoms with Crippen molar-refractivity contribution in [3.05, 3.63) is 53.3 Å². The number of carbonyl (C=O) groups is 2. The summed E-state index contributed by atoms with van der Waals surface area (Å²) in [7, 11) is 0. The van der Waals surface area contributed by atoms with Crippen molar-refractivity contribution in [2.45, 2.75) is 24.8 Å². The minimum absolute atomic E-state index is 0.0608. The molecule has 0 bridgehead atoms. The summed E-state index contributed by atoms with van der Waals surface area (Å²) < 4.78 is 14.4. The van der Waals surface area contributed by atoms with Gasteiger partial charge in [0.25, 0.3) is 0 Å². The quantitative estimate of drug-likeness (QED) is 0.656. The van der Waals surface area contributed by atoms with Gasteiger partial charge in [0.05, 0.1) is 29.3 Å². The summed E-state index contributed by atoms with van der Waals surface area (Å²) in [5.41, 5.74) is 1.60. The van der Waals surface area contributed by atoms with E-state index in [1.165, 1.54) is 23.5 Å². The van der Waals surface area contributed by atoms with Crippen LogP contribution in [0.3, 0.4) is 0 Å². The van der Waals surface area contributed by atoms with Gasteiger partial charge in [-0.1, -0.05) is 18.2 Å². The molecule has 0 atom stereocenters. The van der Waals surface area contributed by atoms with Gasteiger partial charge >= 0.3 is 0 Å². The number of benzene rings is 2. The molecule has 4 rings (SSSR count). The first-order valence-corrected chi connectivity index (χ1v) is 9.92. The van der Waals surface area contributed by atoms with Crippen LogP contribution in [0.25, 0.3) is 21.3 Å². The van der Waals surface area contributed by atoms with Crippen molar-refractivity contribution in [3.8, 4) is 17.2 Å². The first-order valence-electron chi connectivity index (χ1n) is 9.11. The molecule has 0 saturated heterocycles. The van der Waals surface area contributed by atoms with Gasteiger partial charge in [-0.2, -0.15) is 5.26 Å². The molecule has 2 N–H and O–H groups in total. The zero-order chi connectivity index (χ0) is 20.4. The van der Waals surface area contributed by atoms with Gasteiger partial charge in [0.1, 0.15) is 16.4 Å². The predicted octanol–water partition coefficient (Wildman–Crippen LogP) is 2.93. The normalized spacial score (nSPS) is 14.2. The van der Waals surface area contributed by atoms with Crippen molar-refractivity contribution in [3.63, 3.8) is 0 Å². The second-order valence-electron chi connectivity index (χ2n) is 7.00. The summed E-state index contributed by atoms with van der Waals surface area (Å²) in [6.07, 6.45) is 1.35. The number of amides is 2. The lowest BCUT2D eigenvalue weighted by Gasteiger charge is -2.09. The fourth-order valence-electron chi connectivity index (χ4n) is 2.98. The van der Waals surface area contributed by atoms with E-state index in [9.17, 15) is 14.0 Å². The Kier molecular flexibility index (Phi) is 4.99. The van der Waals surface area contributed by atoms with Crippen LogP contribution in [0.1, 0.15) is 17.8 Å². The molecule has 1 aliphatic carbocycles. The van der Waals surface area contributed by atoms with Crippen LogP contribution >= 0.6 is 11.3 Å². The topological polar surface area (TPSA) is 94.9 Å². The van der Waals surface area contributed by atoms with Gasteiger partial charge in [0.15, 0.2) is 0 Å². The van der Waals surface area contributed by atoms with E-state index in [2.05, 4.69) is 21.7 Å². The van der Waals surface area contributed by atoms with E-state index < -0.39 is 5.54 Å². The molecule has 1 fully saturated rings. The molecule has 1 aliphatic rings. The highest BCUT2D eigenvalue weighted by Crippen LogP contribution is 2.34. The number of thiazole rings is 1. The molecule has 0 unspecified atom stereocenters. The van der Waals surface area contributed by atoms with E-state index >= 15 is 0 Å². The van der Waals surface area contributed by atoms with Crippen LogP contribution in [0.15, 0.2) is 42.5 Å². The Labute approximate surface area is 170 Å². The zero-order valence-corrected chi connectivity index (χ0v) is 16.2. The zero-order valence-electron chi connectivity index (χ0n) is 15.4. The number of carbonyl (C=O) groups excluding carboxylic acids is 2. The fraction of sp³-hybridized carbons (Fsp3) is 0.238. The molecular formula is C21H17FN4O2S. The van der Waals surface area contributed by atoms with E-state index in [0.717, 1.165) is 21.3 Å². The molecule has 0 aliphatic heterocycles. The number of rotatable bonds is 6. The van der Waals surface area contributed by atoms with Gasteiger partial charge in [0, 0.05) is 0 Å². The van der Waals surface area contributed by atoms with E-state index in [1.807, 2.05) is 24.3 Å². The monoisotopic (exact) mass is 408 g/mol. The largest absolute Gasteiger partial charge is 0.347 e. The van der Waals surface area contributed by atoms with Gasteiger partial charge in [-0.15, -0.1) is 11.3 Å². The van der Waals surface area contributed by atoms with Crippen LogP contribution in [-0.4, -0.2) is 28.9 Å². The minimum atomic E-state index is -0.742. The molecule has 146 valence electrons. The lowest BCUT2D eigenvalue weighted by molar-refractivity contribution is -0.126. The molecule has 2 amide bonds. The second-order valence-corrected chi connectivity index (χ2v) is 8.11. The van der Waals surface area contributed by atoms with Crippen LogP contribution in [0.2, 0.25) is 0 Å². The van der Waals surface area contributed by atoms with Gasteiger partial charge in [-0.05, 0) is 48.2 Å². The van der Waals surface area contributed by atoms with Crippen molar-refractivity contribution in [1.82, 2.24) is 15.6 Å². The molecule has 1 aromatic heterocycles. The molecule has 8 heteroatoms. The average Bonchev–Trinajstić information content (AvgIpc) is 3.36. The second kappa shape index (κ2) is 7.60. The Morgan fingerprint density at radius 1 is 1.17 bits per heavy atom. The summed E-state index contributed by atoms with van der Waals surface area (Å²) in [4.78, 5) is 28.5. The van der Waals surface area contributed by atoms with E-state index in [1.54, 1.807) is 6.07 Å². The van der Waals surface area contributed by atoms with Crippen LogP contribution < -0.4 is 10.6 Å². The van der Waals surface area contributed by atoms with Crippen molar-refractivity contribution < 1.29 is 14.0 Å². The molecule has 6 nitrogen and oxygen atoms in total. The van der Waals surface area contributed by atoms with Crippen LogP contribution in [0.4, 0.5) is 4.39 Å². The van der Waals surface area contributed by atoms with Crippen molar-refractivity contribution in [2.24, 2.45) is 0 Å². The molecule has 29 heavy (non-hydrogen) atoms. The SMILES string of the molecule is N#CC1(NC(=O)CNC(=O)Cc2nc3cc(-c4cccc(F)c4)ccc3s2)CC1. The van der Waals surface area contributed by atoms with Gasteiger partial charge < -0.3 is 10.6 Å². The number of halogens is 1. The first-order chi connectivity index (χ1) is 14.0. The number of nitrogens with zero attached hydrogens (tertiary/aromatic N) is 2. The Morgan fingerprint density at radius 3 is 2.69 bits per heavy atom. The highest BCUT2D eigenvalue weighted by Gasteiger charge is 2.44. The molecule has 2 aromatic carbocycles. The highest BCUT2D eigenvalue weighted by molar-refractivity contribution is 7.18. The van der Waals surface area contributed by atoms with E-state index in [0.29, 0.717) is 17.8 Å². The summed E-state index contributed by atoms with van der Waals surface area (Å²) in [6.45, 7) is -0.170. The molecule has 1 saturated carbocycles. The fourth-order valence-corrected chi connectivity index (χ4v) is 3.92. The van der Waals surface area contributed by atoms with Crippen LogP contribution in [0.5, 0.6) is 0 Å². The number of hydrogen-bond acceptors (Lipinski definition) is 5. The van der Waals surface area contributed by atoms with Crippen LogP contribution in [-0.2, 0) is 16.0 Å². The summed E-state index contributed by atoms with van der Waals surface area (Å²) in [5, 5.41) is 14.8. The van der Waals surface area contributed by atoms with Gasteiger partial charge in [-0.25, -0.2) is 9.37 Å². The Bertz CT molecular complexity index is 1150. The average molecular weight is 408 g/mol. The number of nitriles is 1. The predicted molar refractivity (Wildman–Crippen MR) is 107 cm³/mol. The number of hydrogen-bond donors (Lipinski definition) is 2. The Hall–Kier alpha value is -3.31. The number of aromatic nitrogens is 1. The van der Waals surface area contributed by atoms with Gasteiger partial charge in [-0.3, -0.25) is 9.59 Å². The lowest BCUT2D eigenvalue weighted by Crippen LogP contribution is -2.43. The molecule has 0 spiro atoms. The molecule has 0 radical (unpaired) electrons. The third-order valence-electron chi connectivity index (χ3n) is 4.69. The third kappa shape index (κ3) is 4.41. The minimum Gasteiger partial charge on any atom is -0.347 e. The highest BCUT2D eigenvalue weighted by atomic mass is 32.1. The van der Waals surface area contributed by atoms with Crippen LogP contribution in [0, 0.1) is 17.1 Å². The summed E-state index contributed by atoms with van der Waals surface area (Å²) in [6, 6.07) is 14.1. The summed E-state index contributed by atoms with van der Waals surface area (Å²) in [5.74, 6) is -0.988. The maximum absolute atomic E-state index is 13.5. The molecular weight excluding hydrogens is 391 g/mol. The van der Waals surface area contributed by atoms with Crippen molar-refractivity contribution >= 4 is 33.4 Å². The number of nitrogens with one attached hydrogen (secondary N) is 2. The first kappa shape index (κ1) is 19.0. The Morgan fingerprint density at radius 2 is 1.97 bits per heavy atom. The van der Waals surface area contributed by atoms with E-state index in [-0.39, 0.29) is 30.6 Å². The van der Waals surface area contributed by atoms with Crippen molar-refractivity contribution in [2.75, 3.05) is 6.54 Å². The summed E-state index contributed by atoms with van der Waals surface area (Å²) >= 11 is 1.40. The number of fused-ring (bicyclic) bond motifs is 1. The molecule has 3 aromatic rings. The third-order valence-corrected chi connectivity index (χ3v) is 5.73. The standard InChI is InChI=1S/C21H17FN4O2S/c22-15-3-1-2-13(8-15)14-4-5-17-16(9-14)25-20(29-17)10-18(27)24-11-19(28)26-21(12-23)6-7-21/h1-5,8-9H,6-7,10-11H2,(H,24,27)(H,26,28). The lowest BCUT2D eigenvalue weighted by atomic mass is 10.1. The smallest absolute Gasteiger partial charge is 0.240 e. The van der Waals surface area contributed by atoms with Crippen molar-refractivity contribution in [1.29, 1.82) is 5.26 Å². The maximum Gasteiger partial charge on any atom is 0.240 e. The van der Waals surface area contributed by atoms with E-state index in [4.69, 9.17) is 5.26 Å². The maximum atomic E-state index is 13.5. The molecule has 1 heterocycles. The Balaban J connectivity index is 1.38.